The second-order valence-corrected chi connectivity index (χ2v) is 8.44. The van der Waals surface area contributed by atoms with Gasteiger partial charge in [0.2, 0.25) is 5.91 Å². The highest BCUT2D eigenvalue weighted by molar-refractivity contribution is 8.04. The van der Waals surface area contributed by atoms with Crippen LogP contribution in [0.2, 0.25) is 0 Å². The van der Waals surface area contributed by atoms with Crippen molar-refractivity contribution in [3.63, 3.8) is 0 Å². The van der Waals surface area contributed by atoms with E-state index in [0.29, 0.717) is 21.8 Å². The van der Waals surface area contributed by atoms with Crippen LogP contribution in [0, 0.1) is 10.1 Å². The molecule has 0 aromatic heterocycles. The summed E-state index contributed by atoms with van der Waals surface area (Å²) in [4.78, 5) is 49.3. The van der Waals surface area contributed by atoms with Gasteiger partial charge in [-0.3, -0.25) is 24.5 Å². The number of benzene rings is 2. The van der Waals surface area contributed by atoms with Gasteiger partial charge in [0.15, 0.2) is 0 Å². The predicted molar refractivity (Wildman–Crippen MR) is 116 cm³/mol. The number of carbonyl (C=O) groups is 3. The first-order valence-corrected chi connectivity index (χ1v) is 9.99. The first kappa shape index (κ1) is 21.3. The van der Waals surface area contributed by atoms with E-state index < -0.39 is 16.7 Å². The molecule has 0 saturated heterocycles. The van der Waals surface area contributed by atoms with E-state index in [9.17, 15) is 24.5 Å². The monoisotopic (exact) mass is 425 g/mol. The van der Waals surface area contributed by atoms with Crippen LogP contribution < -0.4 is 10.2 Å². The maximum Gasteiger partial charge on any atom is 0.272 e. The van der Waals surface area contributed by atoms with Crippen molar-refractivity contribution in [3.8, 4) is 0 Å². The number of amides is 3. The van der Waals surface area contributed by atoms with Gasteiger partial charge in [-0.2, -0.15) is 0 Å². The Hall–Kier alpha value is -3.46. The largest absolute Gasteiger partial charge is 0.326 e. The zero-order valence-electron chi connectivity index (χ0n) is 16.5. The highest BCUT2D eigenvalue weighted by Gasteiger charge is 2.40. The molecular formula is C21H19N3O5S. The molecule has 3 rings (SSSR count). The number of hydrogen-bond acceptors (Lipinski definition) is 6. The molecule has 0 saturated carbocycles. The summed E-state index contributed by atoms with van der Waals surface area (Å²) in [6, 6.07) is 11.9. The third-order valence-electron chi connectivity index (χ3n) is 4.21. The van der Waals surface area contributed by atoms with Gasteiger partial charge in [0, 0.05) is 30.0 Å². The van der Waals surface area contributed by atoms with Crippen molar-refractivity contribution >= 4 is 52.1 Å². The number of hydrogen-bond donors (Lipinski definition) is 1. The number of anilines is 2. The molecular weight excluding hydrogens is 406 g/mol. The van der Waals surface area contributed by atoms with Crippen LogP contribution in [0.5, 0.6) is 0 Å². The van der Waals surface area contributed by atoms with Crippen molar-refractivity contribution in [1.29, 1.82) is 0 Å². The van der Waals surface area contributed by atoms with Crippen LogP contribution in [-0.4, -0.2) is 27.9 Å². The molecule has 154 valence electrons. The lowest BCUT2D eigenvalue weighted by atomic mass is 10.1. The van der Waals surface area contributed by atoms with Crippen LogP contribution >= 0.6 is 11.8 Å². The van der Waals surface area contributed by atoms with E-state index in [4.69, 9.17) is 0 Å². The van der Waals surface area contributed by atoms with Gasteiger partial charge in [-0.1, -0.05) is 13.8 Å². The van der Waals surface area contributed by atoms with Gasteiger partial charge in [-0.05, 0) is 42.0 Å². The molecule has 0 unspecified atom stereocenters. The van der Waals surface area contributed by atoms with Crippen LogP contribution in [0.3, 0.4) is 0 Å². The molecule has 1 heterocycles. The average Bonchev–Trinajstić information content (AvgIpc) is 2.91. The van der Waals surface area contributed by atoms with Gasteiger partial charge in [0.05, 0.1) is 21.1 Å². The van der Waals surface area contributed by atoms with Crippen molar-refractivity contribution in [2.45, 2.75) is 26.0 Å². The van der Waals surface area contributed by atoms with E-state index in [-0.39, 0.29) is 22.4 Å². The van der Waals surface area contributed by atoms with Crippen molar-refractivity contribution in [1.82, 2.24) is 0 Å². The number of nitro groups is 1. The Labute approximate surface area is 177 Å². The van der Waals surface area contributed by atoms with Gasteiger partial charge >= 0.3 is 0 Å². The molecule has 8 nitrogen and oxygen atoms in total. The molecule has 0 bridgehead atoms. The van der Waals surface area contributed by atoms with Gasteiger partial charge < -0.3 is 5.32 Å². The summed E-state index contributed by atoms with van der Waals surface area (Å²) in [5, 5.41) is 13.6. The summed E-state index contributed by atoms with van der Waals surface area (Å²) in [5.74, 6) is -1.17. The smallest absolute Gasteiger partial charge is 0.272 e. The lowest BCUT2D eigenvalue weighted by Crippen LogP contribution is -2.31. The Bertz CT molecular complexity index is 1060. The number of carbonyl (C=O) groups excluding carboxylic acids is 3. The number of rotatable bonds is 6. The molecule has 0 radical (unpaired) electrons. The van der Waals surface area contributed by atoms with Gasteiger partial charge in [0.25, 0.3) is 17.5 Å². The van der Waals surface area contributed by atoms with Gasteiger partial charge in [-0.15, -0.1) is 11.8 Å². The molecule has 3 amide bonds. The Morgan fingerprint density at radius 3 is 2.13 bits per heavy atom. The Morgan fingerprint density at radius 1 is 1.03 bits per heavy atom. The molecule has 2 aromatic rings. The van der Waals surface area contributed by atoms with E-state index >= 15 is 0 Å². The number of nitrogens with zero attached hydrogens (tertiary/aromatic N) is 2. The summed E-state index contributed by atoms with van der Waals surface area (Å²) < 4.78 is 0. The van der Waals surface area contributed by atoms with Crippen LogP contribution in [-0.2, 0) is 14.4 Å². The van der Waals surface area contributed by atoms with Gasteiger partial charge in [0.1, 0.15) is 0 Å². The molecule has 0 aliphatic carbocycles. The second-order valence-electron chi connectivity index (χ2n) is 6.85. The fourth-order valence-electron chi connectivity index (χ4n) is 2.99. The highest BCUT2D eigenvalue weighted by atomic mass is 32.2. The summed E-state index contributed by atoms with van der Waals surface area (Å²) >= 11 is 1.27. The van der Waals surface area contributed by atoms with Crippen molar-refractivity contribution in [2.75, 3.05) is 10.2 Å². The fraction of sp³-hybridized carbons (Fsp3) is 0.190. The minimum atomic E-state index is -0.521. The molecule has 0 fully saturated rings. The molecule has 2 aromatic carbocycles. The summed E-state index contributed by atoms with van der Waals surface area (Å²) in [7, 11) is 0. The third kappa shape index (κ3) is 4.25. The molecule has 1 aliphatic heterocycles. The zero-order chi connectivity index (χ0) is 22.0. The normalized spacial score (nSPS) is 13.9. The Morgan fingerprint density at radius 2 is 1.63 bits per heavy atom. The number of imide groups is 1. The number of nitro benzene ring substituents is 1. The second kappa shape index (κ2) is 8.50. The predicted octanol–water partition coefficient (Wildman–Crippen LogP) is 3.98. The van der Waals surface area contributed by atoms with E-state index in [1.807, 2.05) is 13.8 Å². The molecule has 1 N–H and O–H groups in total. The molecule has 0 spiro atoms. The highest BCUT2D eigenvalue weighted by Crippen LogP contribution is 2.40. The molecule has 0 atom stereocenters. The Kier molecular flexibility index (Phi) is 6.02. The number of non-ortho nitro benzene ring substituents is 1. The minimum Gasteiger partial charge on any atom is -0.326 e. The zero-order valence-corrected chi connectivity index (χ0v) is 17.4. The Balaban J connectivity index is 2.00. The quantitative estimate of drug-likeness (QED) is 0.426. The van der Waals surface area contributed by atoms with Crippen molar-refractivity contribution < 1.29 is 19.3 Å². The van der Waals surface area contributed by atoms with Crippen LogP contribution in [0.1, 0.15) is 26.3 Å². The maximum absolute atomic E-state index is 13.2. The number of nitrogens with one attached hydrogen (secondary N) is 1. The van der Waals surface area contributed by atoms with E-state index in [0.717, 1.165) is 4.90 Å². The van der Waals surface area contributed by atoms with E-state index in [1.165, 1.54) is 43.0 Å². The third-order valence-corrected chi connectivity index (χ3v) is 5.29. The lowest BCUT2D eigenvalue weighted by Gasteiger charge is -2.16. The van der Waals surface area contributed by atoms with Crippen LogP contribution in [0.15, 0.2) is 53.4 Å². The molecule has 9 heteroatoms. The number of thioether (sulfide) groups is 1. The van der Waals surface area contributed by atoms with Crippen LogP contribution in [0.4, 0.5) is 17.1 Å². The van der Waals surface area contributed by atoms with Gasteiger partial charge in [-0.25, -0.2) is 4.90 Å². The summed E-state index contributed by atoms with van der Waals surface area (Å²) in [6.07, 6.45) is 0. The van der Waals surface area contributed by atoms with E-state index in [1.54, 1.807) is 24.3 Å². The fourth-order valence-corrected chi connectivity index (χ4v) is 3.98. The summed E-state index contributed by atoms with van der Waals surface area (Å²) in [6.45, 7) is 5.21. The van der Waals surface area contributed by atoms with Crippen LogP contribution in [0.25, 0.3) is 5.57 Å². The summed E-state index contributed by atoms with van der Waals surface area (Å²) in [5.41, 5.74) is 1.49. The van der Waals surface area contributed by atoms with Crippen molar-refractivity contribution in [3.05, 3.63) is 69.1 Å². The maximum atomic E-state index is 13.2. The molecule has 1 aliphatic rings. The first-order chi connectivity index (χ1) is 14.2. The molecule has 30 heavy (non-hydrogen) atoms. The minimum absolute atomic E-state index is 0.0480. The standard InChI is InChI=1S/C21H19N3O5S/c1-12(2)30-19-18(14-4-8-17(9-5-14)24(28)29)20(26)23(21(19)27)16-10-6-15(7-11-16)22-13(3)25/h4-12H,1-3H3,(H,22,25). The lowest BCUT2D eigenvalue weighted by molar-refractivity contribution is -0.384. The average molecular weight is 425 g/mol. The van der Waals surface area contributed by atoms with E-state index in [2.05, 4.69) is 5.32 Å². The topological polar surface area (TPSA) is 110 Å². The SMILES string of the molecule is CC(=O)Nc1ccc(N2C(=O)C(SC(C)C)=C(c3ccc([N+](=O)[O-])cc3)C2=O)cc1. The first-order valence-electron chi connectivity index (χ1n) is 9.11. The van der Waals surface area contributed by atoms with Crippen molar-refractivity contribution in [2.24, 2.45) is 0 Å².